The Morgan fingerprint density at radius 1 is 1.45 bits per heavy atom. The van der Waals surface area contributed by atoms with E-state index < -0.39 is 10.0 Å². The van der Waals surface area contributed by atoms with Gasteiger partial charge in [0.25, 0.3) is 0 Å². The number of anilines is 1. The Labute approximate surface area is 127 Å². The summed E-state index contributed by atoms with van der Waals surface area (Å²) in [6.07, 6.45) is 2.77. The molecule has 1 amide bonds. The molecule has 1 aromatic rings. The first kappa shape index (κ1) is 16.7. The molecule has 0 unspecified atom stereocenters. The van der Waals surface area contributed by atoms with Crippen LogP contribution in [0.4, 0.5) is 5.69 Å². The van der Waals surface area contributed by atoms with Crippen LogP contribution in [0.1, 0.15) is 6.42 Å². The number of para-hydroxylation sites is 1. The van der Waals surface area contributed by atoms with E-state index in [0.29, 0.717) is 16.7 Å². The molecular formula is C13H17BrN2O3S. The van der Waals surface area contributed by atoms with Crippen LogP contribution in [0.15, 0.2) is 41.4 Å². The van der Waals surface area contributed by atoms with E-state index in [4.69, 9.17) is 0 Å². The van der Waals surface area contributed by atoms with Gasteiger partial charge in [-0.25, -0.2) is 8.42 Å². The number of carbonyl (C=O) groups is 1. The Morgan fingerprint density at radius 2 is 2.10 bits per heavy atom. The van der Waals surface area contributed by atoms with E-state index in [0.717, 1.165) is 6.26 Å². The minimum absolute atomic E-state index is 0.0856. The second-order valence-electron chi connectivity index (χ2n) is 4.13. The summed E-state index contributed by atoms with van der Waals surface area (Å²) in [5, 5.41) is 2.62. The second-order valence-corrected chi connectivity index (χ2v) is 6.89. The van der Waals surface area contributed by atoms with E-state index in [2.05, 4.69) is 27.8 Å². The predicted octanol–water partition coefficient (Wildman–Crippen LogP) is 1.91. The van der Waals surface area contributed by atoms with E-state index in [-0.39, 0.29) is 18.9 Å². The maximum atomic E-state index is 11.9. The van der Waals surface area contributed by atoms with Crippen molar-refractivity contribution in [2.45, 2.75) is 6.42 Å². The lowest BCUT2D eigenvalue weighted by Gasteiger charge is -2.23. The molecule has 0 aliphatic rings. The monoisotopic (exact) mass is 360 g/mol. The fraction of sp³-hybridized carbons (Fsp3) is 0.308. The van der Waals surface area contributed by atoms with Gasteiger partial charge < -0.3 is 5.32 Å². The Bertz CT molecular complexity index is 587. The summed E-state index contributed by atoms with van der Waals surface area (Å²) in [6.45, 7) is 3.95. The average Bonchev–Trinajstić information content (AvgIpc) is 2.37. The number of amides is 1. The van der Waals surface area contributed by atoms with Gasteiger partial charge >= 0.3 is 0 Å². The third-order valence-corrected chi connectivity index (χ3v) is 4.36. The molecule has 0 aromatic heterocycles. The van der Waals surface area contributed by atoms with E-state index in [1.807, 2.05) is 0 Å². The predicted molar refractivity (Wildman–Crippen MR) is 84.2 cm³/mol. The topological polar surface area (TPSA) is 66.5 Å². The number of nitrogens with one attached hydrogen (secondary N) is 1. The zero-order valence-electron chi connectivity index (χ0n) is 11.2. The molecule has 1 N–H and O–H groups in total. The third kappa shape index (κ3) is 4.97. The molecule has 0 aliphatic heterocycles. The molecule has 0 atom stereocenters. The number of nitrogens with zero attached hydrogens (tertiary/aromatic N) is 1. The van der Waals surface area contributed by atoms with Crippen LogP contribution >= 0.6 is 15.9 Å². The van der Waals surface area contributed by atoms with E-state index in [1.165, 1.54) is 4.31 Å². The summed E-state index contributed by atoms with van der Waals surface area (Å²) in [4.78, 5) is 11.6. The van der Waals surface area contributed by atoms with Crippen LogP contribution in [0.5, 0.6) is 0 Å². The number of hydrogen-bond donors (Lipinski definition) is 1. The van der Waals surface area contributed by atoms with Gasteiger partial charge in [0.15, 0.2) is 0 Å². The Hall–Kier alpha value is -1.34. The first-order valence-electron chi connectivity index (χ1n) is 5.96. The van der Waals surface area contributed by atoms with Crippen molar-refractivity contribution in [1.82, 2.24) is 5.32 Å². The molecule has 0 saturated carbocycles. The molecule has 110 valence electrons. The standard InChI is InChI=1S/C13H17BrN2O3S/c1-3-9-15-13(17)8-10-16(20(2,18)19)12-7-5-4-6-11(12)14/h3-7H,1,8-10H2,2H3,(H,15,17). The van der Waals surface area contributed by atoms with Crippen LogP contribution in [0.25, 0.3) is 0 Å². The van der Waals surface area contributed by atoms with Gasteiger partial charge in [-0.3, -0.25) is 9.10 Å². The molecule has 0 heterocycles. The maximum absolute atomic E-state index is 11.9. The third-order valence-electron chi connectivity index (χ3n) is 2.51. The highest BCUT2D eigenvalue weighted by Gasteiger charge is 2.20. The van der Waals surface area contributed by atoms with Gasteiger partial charge in [0, 0.05) is 24.0 Å². The number of rotatable bonds is 7. The normalized spacial score (nSPS) is 10.9. The molecule has 0 spiro atoms. The molecular weight excluding hydrogens is 344 g/mol. The van der Waals surface area contributed by atoms with Crippen LogP contribution in [-0.4, -0.2) is 33.7 Å². The molecule has 5 nitrogen and oxygen atoms in total. The average molecular weight is 361 g/mol. The summed E-state index contributed by atoms with van der Waals surface area (Å²) >= 11 is 3.32. The Morgan fingerprint density at radius 3 is 2.65 bits per heavy atom. The zero-order chi connectivity index (χ0) is 15.2. The fourth-order valence-corrected chi connectivity index (χ4v) is 3.15. The lowest BCUT2D eigenvalue weighted by Crippen LogP contribution is -2.34. The van der Waals surface area contributed by atoms with Gasteiger partial charge in [0.1, 0.15) is 0 Å². The highest BCUT2D eigenvalue weighted by molar-refractivity contribution is 9.10. The van der Waals surface area contributed by atoms with Gasteiger partial charge in [-0.2, -0.15) is 0 Å². The molecule has 1 rings (SSSR count). The van der Waals surface area contributed by atoms with Crippen molar-refractivity contribution < 1.29 is 13.2 Å². The van der Waals surface area contributed by atoms with Gasteiger partial charge in [-0.15, -0.1) is 6.58 Å². The Kier molecular flexibility index (Phi) is 6.22. The van der Waals surface area contributed by atoms with Crippen LogP contribution in [-0.2, 0) is 14.8 Å². The molecule has 1 aromatic carbocycles. The molecule has 7 heteroatoms. The molecule has 0 bridgehead atoms. The largest absolute Gasteiger partial charge is 0.353 e. The summed E-state index contributed by atoms with van der Waals surface area (Å²) in [6, 6.07) is 6.99. The highest BCUT2D eigenvalue weighted by atomic mass is 79.9. The quantitative estimate of drug-likeness (QED) is 0.755. The minimum Gasteiger partial charge on any atom is -0.353 e. The van der Waals surface area contributed by atoms with Crippen LogP contribution in [0, 0.1) is 0 Å². The van der Waals surface area contributed by atoms with E-state index in [9.17, 15) is 13.2 Å². The summed E-state index contributed by atoms with van der Waals surface area (Å²) in [5.74, 6) is -0.217. The maximum Gasteiger partial charge on any atom is 0.232 e. The molecule has 20 heavy (non-hydrogen) atoms. The smallest absolute Gasteiger partial charge is 0.232 e. The minimum atomic E-state index is -3.45. The number of benzene rings is 1. The first-order valence-corrected chi connectivity index (χ1v) is 8.60. The zero-order valence-corrected chi connectivity index (χ0v) is 13.6. The number of carbonyl (C=O) groups excluding carboxylic acids is 1. The van der Waals surface area contributed by atoms with Gasteiger partial charge in [-0.1, -0.05) is 18.2 Å². The second kappa shape index (κ2) is 7.44. The van der Waals surface area contributed by atoms with Crippen molar-refractivity contribution in [3.05, 3.63) is 41.4 Å². The van der Waals surface area contributed by atoms with Crippen molar-refractivity contribution in [2.75, 3.05) is 23.7 Å². The van der Waals surface area contributed by atoms with Crippen molar-refractivity contribution in [2.24, 2.45) is 0 Å². The number of hydrogen-bond acceptors (Lipinski definition) is 3. The van der Waals surface area contributed by atoms with Crippen molar-refractivity contribution in [3.63, 3.8) is 0 Å². The number of sulfonamides is 1. The van der Waals surface area contributed by atoms with Gasteiger partial charge in [-0.05, 0) is 28.1 Å². The number of halogens is 1. The van der Waals surface area contributed by atoms with Crippen molar-refractivity contribution in [1.29, 1.82) is 0 Å². The van der Waals surface area contributed by atoms with E-state index >= 15 is 0 Å². The lowest BCUT2D eigenvalue weighted by molar-refractivity contribution is -0.120. The molecule has 0 saturated heterocycles. The van der Waals surface area contributed by atoms with Crippen LogP contribution in [0.2, 0.25) is 0 Å². The van der Waals surface area contributed by atoms with Gasteiger partial charge in [0.2, 0.25) is 15.9 Å². The van der Waals surface area contributed by atoms with Gasteiger partial charge in [0.05, 0.1) is 11.9 Å². The summed E-state index contributed by atoms with van der Waals surface area (Å²) in [7, 11) is -3.45. The summed E-state index contributed by atoms with van der Waals surface area (Å²) in [5.41, 5.74) is 0.520. The van der Waals surface area contributed by atoms with Crippen LogP contribution in [0.3, 0.4) is 0 Å². The highest BCUT2D eigenvalue weighted by Crippen LogP contribution is 2.27. The summed E-state index contributed by atoms with van der Waals surface area (Å²) < 4.78 is 25.6. The van der Waals surface area contributed by atoms with Crippen molar-refractivity contribution in [3.8, 4) is 0 Å². The molecule has 0 aliphatic carbocycles. The first-order chi connectivity index (χ1) is 9.36. The molecule has 0 fully saturated rings. The SMILES string of the molecule is C=CCNC(=O)CCN(c1ccccc1Br)S(C)(=O)=O. The fourth-order valence-electron chi connectivity index (χ4n) is 1.60. The van der Waals surface area contributed by atoms with Crippen molar-refractivity contribution >= 4 is 37.5 Å². The lowest BCUT2D eigenvalue weighted by atomic mass is 10.3. The Balaban J connectivity index is 2.85. The van der Waals surface area contributed by atoms with E-state index in [1.54, 1.807) is 30.3 Å². The molecule has 0 radical (unpaired) electrons. The van der Waals surface area contributed by atoms with Crippen LogP contribution < -0.4 is 9.62 Å².